The molecule has 1 atom stereocenters. The van der Waals surface area contributed by atoms with Gasteiger partial charge in [-0.3, -0.25) is 0 Å². The maximum atomic E-state index is 9.84. The van der Waals surface area contributed by atoms with Gasteiger partial charge in [-0.2, -0.15) is 0 Å². The molecule has 4 heteroatoms. The zero-order valence-electron chi connectivity index (χ0n) is 8.15. The summed E-state index contributed by atoms with van der Waals surface area (Å²) in [5.74, 6) is 0.814. The normalized spacial score (nSPS) is 20.5. The topological polar surface area (TPSA) is 38.0 Å². The van der Waals surface area contributed by atoms with Gasteiger partial charge in [-0.25, -0.2) is 4.98 Å². The van der Waals surface area contributed by atoms with Crippen LogP contribution in [0.4, 0.5) is 0 Å². The second kappa shape index (κ2) is 3.32. The third-order valence-electron chi connectivity index (χ3n) is 2.90. The number of hydrogen-bond acceptors (Lipinski definition) is 2. The summed E-state index contributed by atoms with van der Waals surface area (Å²) in [7, 11) is 0. The predicted molar refractivity (Wildman–Crippen MR) is 61.6 cm³/mol. The number of nitrogens with zero attached hydrogens (tertiary/aromatic N) is 2. The highest BCUT2D eigenvalue weighted by molar-refractivity contribution is 9.10. The van der Waals surface area contributed by atoms with Crippen LogP contribution in [-0.4, -0.2) is 14.7 Å². The molecule has 0 radical (unpaired) electrons. The summed E-state index contributed by atoms with van der Waals surface area (Å²) in [5, 5.41) is 9.84. The molecule has 1 aromatic carbocycles. The maximum Gasteiger partial charge on any atom is 0.138 e. The van der Waals surface area contributed by atoms with E-state index < -0.39 is 6.10 Å². The fraction of sp³-hybridized carbons (Fsp3) is 0.364. The second-order valence-corrected chi connectivity index (χ2v) is 4.83. The van der Waals surface area contributed by atoms with Crippen LogP contribution >= 0.6 is 15.9 Å². The zero-order valence-corrected chi connectivity index (χ0v) is 9.74. The predicted octanol–water partition coefficient (Wildman–Crippen LogP) is 2.63. The van der Waals surface area contributed by atoms with E-state index in [1.165, 1.54) is 0 Å². The molecule has 78 valence electrons. The lowest BCUT2D eigenvalue weighted by Crippen LogP contribution is -2.15. The Morgan fingerprint density at radius 2 is 2.33 bits per heavy atom. The Morgan fingerprint density at radius 3 is 3.20 bits per heavy atom. The largest absolute Gasteiger partial charge is 0.385 e. The van der Waals surface area contributed by atoms with Gasteiger partial charge in [0.25, 0.3) is 0 Å². The van der Waals surface area contributed by atoms with Crippen LogP contribution in [0.2, 0.25) is 0 Å². The fourth-order valence-electron chi connectivity index (χ4n) is 2.18. The van der Waals surface area contributed by atoms with Crippen LogP contribution in [0.25, 0.3) is 11.0 Å². The van der Waals surface area contributed by atoms with E-state index in [9.17, 15) is 5.11 Å². The van der Waals surface area contributed by atoms with Gasteiger partial charge in [0.15, 0.2) is 0 Å². The lowest BCUT2D eigenvalue weighted by Gasteiger charge is -2.19. The molecule has 1 aliphatic heterocycles. The molecule has 0 saturated carbocycles. The molecule has 1 aromatic heterocycles. The van der Waals surface area contributed by atoms with E-state index in [1.807, 2.05) is 18.2 Å². The Hall–Kier alpha value is -0.870. The van der Waals surface area contributed by atoms with Gasteiger partial charge in [0.05, 0.1) is 11.0 Å². The third-order valence-corrected chi connectivity index (χ3v) is 3.39. The number of hydrogen-bond donors (Lipinski definition) is 1. The first-order valence-electron chi connectivity index (χ1n) is 5.09. The molecule has 0 saturated heterocycles. The summed E-state index contributed by atoms with van der Waals surface area (Å²) in [6, 6.07) is 6.06. The molecule has 15 heavy (non-hydrogen) atoms. The van der Waals surface area contributed by atoms with Crippen LogP contribution in [0.15, 0.2) is 22.7 Å². The number of halogens is 1. The summed E-state index contributed by atoms with van der Waals surface area (Å²) < 4.78 is 3.15. The third kappa shape index (κ3) is 1.40. The van der Waals surface area contributed by atoms with Gasteiger partial charge < -0.3 is 9.67 Å². The summed E-state index contributed by atoms with van der Waals surface area (Å²) in [6.45, 7) is 0.963. The minimum atomic E-state index is -0.398. The number of aliphatic hydroxyl groups is 1. The Morgan fingerprint density at radius 1 is 1.47 bits per heavy atom. The van der Waals surface area contributed by atoms with Gasteiger partial charge in [0.1, 0.15) is 11.9 Å². The van der Waals surface area contributed by atoms with Gasteiger partial charge in [-0.1, -0.05) is 15.9 Å². The van der Waals surface area contributed by atoms with Gasteiger partial charge in [-0.05, 0) is 31.0 Å². The zero-order chi connectivity index (χ0) is 10.4. The summed E-state index contributed by atoms with van der Waals surface area (Å²) in [6.07, 6.45) is 1.45. The average Bonchev–Trinajstić information content (AvgIpc) is 2.57. The quantitative estimate of drug-likeness (QED) is 0.796. The van der Waals surface area contributed by atoms with E-state index in [1.54, 1.807) is 0 Å². The molecule has 3 nitrogen and oxygen atoms in total. The van der Waals surface area contributed by atoms with Crippen LogP contribution < -0.4 is 0 Å². The average molecular weight is 267 g/mol. The number of rotatable bonds is 0. The van der Waals surface area contributed by atoms with E-state index >= 15 is 0 Å². The van der Waals surface area contributed by atoms with Crippen LogP contribution in [0.1, 0.15) is 24.8 Å². The minimum Gasteiger partial charge on any atom is -0.385 e. The first-order chi connectivity index (χ1) is 7.25. The highest BCUT2D eigenvalue weighted by atomic mass is 79.9. The number of aromatic nitrogens is 2. The summed E-state index contributed by atoms with van der Waals surface area (Å²) >= 11 is 3.43. The van der Waals surface area contributed by atoms with Gasteiger partial charge in [0, 0.05) is 11.0 Å². The molecular weight excluding hydrogens is 256 g/mol. The SMILES string of the molecule is OC1CCCn2c1nc1cc(Br)ccc12. The molecule has 0 fully saturated rings. The van der Waals surface area contributed by atoms with Crippen LogP contribution in [-0.2, 0) is 6.54 Å². The van der Waals surface area contributed by atoms with E-state index in [-0.39, 0.29) is 0 Å². The second-order valence-electron chi connectivity index (χ2n) is 3.91. The minimum absolute atomic E-state index is 0.398. The molecule has 0 bridgehead atoms. The van der Waals surface area contributed by atoms with Crippen molar-refractivity contribution in [2.75, 3.05) is 0 Å². The number of aliphatic hydroxyl groups excluding tert-OH is 1. The van der Waals surface area contributed by atoms with Crippen molar-refractivity contribution in [2.45, 2.75) is 25.5 Å². The molecule has 3 rings (SSSR count). The van der Waals surface area contributed by atoms with Crippen molar-refractivity contribution in [1.82, 2.24) is 9.55 Å². The first-order valence-corrected chi connectivity index (χ1v) is 5.89. The molecule has 2 heterocycles. The van der Waals surface area contributed by atoms with Gasteiger partial charge in [-0.15, -0.1) is 0 Å². The first kappa shape index (κ1) is 9.36. The lowest BCUT2D eigenvalue weighted by atomic mass is 10.1. The van der Waals surface area contributed by atoms with Crippen molar-refractivity contribution in [3.8, 4) is 0 Å². The van der Waals surface area contributed by atoms with Gasteiger partial charge >= 0.3 is 0 Å². The van der Waals surface area contributed by atoms with Crippen molar-refractivity contribution < 1.29 is 5.11 Å². The fourth-order valence-corrected chi connectivity index (χ4v) is 2.53. The van der Waals surface area contributed by atoms with Gasteiger partial charge in [0.2, 0.25) is 0 Å². The Labute approximate surface area is 95.9 Å². The van der Waals surface area contributed by atoms with Crippen LogP contribution in [0.3, 0.4) is 0 Å². The van der Waals surface area contributed by atoms with Crippen molar-refractivity contribution in [3.05, 3.63) is 28.5 Å². The number of fused-ring (bicyclic) bond motifs is 3. The smallest absolute Gasteiger partial charge is 0.138 e. The number of aryl methyl sites for hydroxylation is 1. The molecule has 0 aliphatic carbocycles. The van der Waals surface area contributed by atoms with Crippen LogP contribution in [0.5, 0.6) is 0 Å². The highest BCUT2D eigenvalue weighted by Gasteiger charge is 2.21. The standard InChI is InChI=1S/C11H11BrN2O/c12-7-3-4-9-8(6-7)13-11-10(15)2-1-5-14(9)11/h3-4,6,10,15H,1-2,5H2. The molecular formula is C11H11BrN2O. The number of benzene rings is 1. The lowest BCUT2D eigenvalue weighted by molar-refractivity contribution is 0.135. The summed E-state index contributed by atoms with van der Waals surface area (Å²) in [4.78, 5) is 4.48. The van der Waals surface area contributed by atoms with E-state index in [4.69, 9.17) is 0 Å². The Kier molecular flexibility index (Phi) is 2.07. The van der Waals surface area contributed by atoms with Crippen molar-refractivity contribution in [2.24, 2.45) is 0 Å². The summed E-state index contributed by atoms with van der Waals surface area (Å²) in [5.41, 5.74) is 2.08. The highest BCUT2D eigenvalue weighted by Crippen LogP contribution is 2.29. The van der Waals surface area contributed by atoms with Crippen molar-refractivity contribution in [3.63, 3.8) is 0 Å². The van der Waals surface area contributed by atoms with E-state index in [0.29, 0.717) is 0 Å². The van der Waals surface area contributed by atoms with Crippen molar-refractivity contribution >= 4 is 27.0 Å². The van der Waals surface area contributed by atoms with E-state index in [0.717, 1.165) is 40.7 Å². The molecule has 2 aromatic rings. The Balaban J connectivity index is 2.30. The maximum absolute atomic E-state index is 9.84. The van der Waals surface area contributed by atoms with Crippen LogP contribution in [0, 0.1) is 0 Å². The molecule has 1 N–H and O–H groups in total. The van der Waals surface area contributed by atoms with E-state index in [2.05, 4.69) is 25.5 Å². The molecule has 0 spiro atoms. The number of imidazole rings is 1. The molecule has 1 unspecified atom stereocenters. The Bertz CT molecular complexity index is 521. The molecule has 0 amide bonds. The molecule has 1 aliphatic rings. The van der Waals surface area contributed by atoms with Crippen molar-refractivity contribution in [1.29, 1.82) is 0 Å². The monoisotopic (exact) mass is 266 g/mol.